The molecule has 6 heteroatoms. The van der Waals surface area contributed by atoms with E-state index < -0.39 is 5.97 Å². The summed E-state index contributed by atoms with van der Waals surface area (Å²) in [7, 11) is 0. The largest absolute Gasteiger partial charge is 0.481 e. The average molecular weight is 270 g/mol. The summed E-state index contributed by atoms with van der Waals surface area (Å²) in [5.74, 6) is -0.887. The molecule has 1 unspecified atom stereocenters. The summed E-state index contributed by atoms with van der Waals surface area (Å²) in [6.45, 7) is 4.11. The van der Waals surface area contributed by atoms with Gasteiger partial charge in [0.25, 0.3) is 0 Å². The maximum atomic E-state index is 12.6. The molecule has 19 heavy (non-hydrogen) atoms. The van der Waals surface area contributed by atoms with E-state index in [1.807, 2.05) is 4.90 Å². The van der Waals surface area contributed by atoms with Crippen LogP contribution in [-0.2, 0) is 9.53 Å². The first-order valence-electron chi connectivity index (χ1n) is 7.00. The van der Waals surface area contributed by atoms with Crippen molar-refractivity contribution in [2.45, 2.75) is 44.7 Å². The number of aliphatic carboxylic acids is 1. The number of hydrogen-bond donors (Lipinski definition) is 1. The standard InChI is InChI=1S/C13H22N2O4/c1-2-5-14(10-3-4-10)13(18)15-6-7-19-9-11(15)8-12(16)17/h10-11H,2-9H2,1H3,(H,16,17). The normalized spacial score (nSPS) is 23.2. The van der Waals surface area contributed by atoms with E-state index in [0.717, 1.165) is 25.8 Å². The lowest BCUT2D eigenvalue weighted by Crippen LogP contribution is -2.54. The van der Waals surface area contributed by atoms with Gasteiger partial charge < -0.3 is 19.6 Å². The maximum Gasteiger partial charge on any atom is 0.320 e. The maximum absolute atomic E-state index is 12.6. The van der Waals surface area contributed by atoms with Crippen molar-refractivity contribution in [1.82, 2.24) is 9.80 Å². The van der Waals surface area contributed by atoms with E-state index in [2.05, 4.69) is 6.92 Å². The summed E-state index contributed by atoms with van der Waals surface area (Å²) in [6, 6.07) is 0.0107. The van der Waals surface area contributed by atoms with E-state index in [1.54, 1.807) is 4.90 Å². The average Bonchev–Trinajstić information content (AvgIpc) is 3.19. The zero-order valence-electron chi connectivity index (χ0n) is 11.4. The first-order valence-corrected chi connectivity index (χ1v) is 7.00. The number of carboxylic acids is 1. The van der Waals surface area contributed by atoms with E-state index >= 15 is 0 Å². The van der Waals surface area contributed by atoms with Gasteiger partial charge in [-0.15, -0.1) is 0 Å². The minimum atomic E-state index is -0.887. The summed E-state index contributed by atoms with van der Waals surface area (Å²) in [4.78, 5) is 27.0. The first-order chi connectivity index (χ1) is 9.13. The van der Waals surface area contributed by atoms with Gasteiger partial charge in [-0.25, -0.2) is 4.79 Å². The molecule has 1 atom stereocenters. The van der Waals surface area contributed by atoms with Crippen molar-refractivity contribution in [3.05, 3.63) is 0 Å². The van der Waals surface area contributed by atoms with Crippen LogP contribution in [0.25, 0.3) is 0 Å². The molecule has 0 aromatic rings. The fourth-order valence-electron chi connectivity index (χ4n) is 2.50. The Kier molecular flexibility index (Phi) is 4.63. The lowest BCUT2D eigenvalue weighted by atomic mass is 10.1. The number of amides is 2. The van der Waals surface area contributed by atoms with Crippen molar-refractivity contribution < 1.29 is 19.4 Å². The van der Waals surface area contributed by atoms with Crippen LogP contribution >= 0.6 is 0 Å². The molecule has 1 saturated heterocycles. The van der Waals surface area contributed by atoms with Gasteiger partial charge in [-0.3, -0.25) is 4.79 Å². The third kappa shape index (κ3) is 3.59. The van der Waals surface area contributed by atoms with Crippen LogP contribution in [0.1, 0.15) is 32.6 Å². The van der Waals surface area contributed by atoms with E-state index in [1.165, 1.54) is 0 Å². The summed E-state index contributed by atoms with van der Waals surface area (Å²) >= 11 is 0. The Bertz CT molecular complexity index is 344. The fraction of sp³-hybridized carbons (Fsp3) is 0.846. The molecule has 1 aliphatic heterocycles. The Morgan fingerprint density at radius 2 is 2.16 bits per heavy atom. The fourth-order valence-corrected chi connectivity index (χ4v) is 2.50. The number of carbonyl (C=O) groups excluding carboxylic acids is 1. The molecule has 2 fully saturated rings. The lowest BCUT2D eigenvalue weighted by Gasteiger charge is -2.38. The van der Waals surface area contributed by atoms with Gasteiger partial charge in [0.2, 0.25) is 0 Å². The summed E-state index contributed by atoms with van der Waals surface area (Å²) in [5, 5.41) is 8.92. The number of urea groups is 1. The molecule has 0 aromatic heterocycles. The molecular weight excluding hydrogens is 248 g/mol. The van der Waals surface area contributed by atoms with E-state index in [4.69, 9.17) is 9.84 Å². The molecule has 0 spiro atoms. The number of hydrogen-bond acceptors (Lipinski definition) is 3. The molecule has 6 nitrogen and oxygen atoms in total. The summed E-state index contributed by atoms with van der Waals surface area (Å²) in [5.41, 5.74) is 0. The highest BCUT2D eigenvalue weighted by atomic mass is 16.5. The Hall–Kier alpha value is -1.30. The third-order valence-corrected chi connectivity index (χ3v) is 3.58. The van der Waals surface area contributed by atoms with Crippen molar-refractivity contribution >= 4 is 12.0 Å². The van der Waals surface area contributed by atoms with Crippen molar-refractivity contribution in [2.24, 2.45) is 0 Å². The highest BCUT2D eigenvalue weighted by Gasteiger charge is 2.37. The molecule has 0 bridgehead atoms. The second kappa shape index (κ2) is 6.23. The van der Waals surface area contributed by atoms with Crippen LogP contribution in [0.5, 0.6) is 0 Å². The topological polar surface area (TPSA) is 70.1 Å². The monoisotopic (exact) mass is 270 g/mol. The first kappa shape index (κ1) is 14.1. The van der Waals surface area contributed by atoms with Gasteiger partial charge in [-0.05, 0) is 19.3 Å². The van der Waals surface area contributed by atoms with Crippen molar-refractivity contribution in [1.29, 1.82) is 0 Å². The molecule has 1 aliphatic carbocycles. The lowest BCUT2D eigenvalue weighted by molar-refractivity contribution is -0.139. The number of ether oxygens (including phenoxy) is 1. The Morgan fingerprint density at radius 1 is 1.42 bits per heavy atom. The highest BCUT2D eigenvalue weighted by molar-refractivity contribution is 5.77. The van der Waals surface area contributed by atoms with Gasteiger partial charge >= 0.3 is 12.0 Å². The molecule has 108 valence electrons. The SMILES string of the molecule is CCCN(C(=O)N1CCOCC1CC(=O)O)C1CC1. The molecule has 2 aliphatic rings. The molecule has 2 rings (SSSR count). The van der Waals surface area contributed by atoms with Gasteiger partial charge in [-0.1, -0.05) is 6.92 Å². The van der Waals surface area contributed by atoms with E-state index in [-0.39, 0.29) is 18.5 Å². The number of carboxylic acid groups (broad SMARTS) is 1. The highest BCUT2D eigenvalue weighted by Crippen LogP contribution is 2.29. The second-order valence-corrected chi connectivity index (χ2v) is 5.23. The number of rotatable bonds is 5. The summed E-state index contributed by atoms with van der Waals surface area (Å²) in [6.07, 6.45) is 3.02. The molecule has 1 heterocycles. The van der Waals surface area contributed by atoms with E-state index in [9.17, 15) is 9.59 Å². The Balaban J connectivity index is 2.02. The van der Waals surface area contributed by atoms with Crippen LogP contribution in [0.15, 0.2) is 0 Å². The van der Waals surface area contributed by atoms with Crippen LogP contribution in [0.2, 0.25) is 0 Å². The van der Waals surface area contributed by atoms with Crippen molar-refractivity contribution in [3.63, 3.8) is 0 Å². The quantitative estimate of drug-likeness (QED) is 0.813. The van der Waals surface area contributed by atoms with E-state index in [0.29, 0.717) is 25.8 Å². The summed E-state index contributed by atoms with van der Waals surface area (Å²) < 4.78 is 5.30. The zero-order valence-corrected chi connectivity index (χ0v) is 11.4. The molecule has 1 N–H and O–H groups in total. The van der Waals surface area contributed by atoms with Crippen molar-refractivity contribution in [3.8, 4) is 0 Å². The van der Waals surface area contributed by atoms with Crippen LogP contribution in [0.3, 0.4) is 0 Å². The molecular formula is C13H22N2O4. The zero-order chi connectivity index (χ0) is 13.8. The number of carbonyl (C=O) groups is 2. The van der Waals surface area contributed by atoms with Gasteiger partial charge in [0, 0.05) is 19.1 Å². The van der Waals surface area contributed by atoms with Crippen LogP contribution in [0.4, 0.5) is 4.79 Å². The van der Waals surface area contributed by atoms with Crippen LogP contribution < -0.4 is 0 Å². The molecule has 1 saturated carbocycles. The van der Waals surface area contributed by atoms with Crippen LogP contribution in [-0.4, -0.2) is 65.3 Å². The van der Waals surface area contributed by atoms with Gasteiger partial charge in [0.15, 0.2) is 0 Å². The Morgan fingerprint density at radius 3 is 2.74 bits per heavy atom. The number of morpholine rings is 1. The number of nitrogens with zero attached hydrogens (tertiary/aromatic N) is 2. The third-order valence-electron chi connectivity index (χ3n) is 3.58. The molecule has 0 aromatic carbocycles. The van der Waals surface area contributed by atoms with Gasteiger partial charge in [-0.2, -0.15) is 0 Å². The smallest absolute Gasteiger partial charge is 0.320 e. The second-order valence-electron chi connectivity index (χ2n) is 5.23. The minimum Gasteiger partial charge on any atom is -0.481 e. The molecule has 0 radical (unpaired) electrons. The van der Waals surface area contributed by atoms with Crippen LogP contribution in [0, 0.1) is 0 Å². The van der Waals surface area contributed by atoms with Gasteiger partial charge in [0.05, 0.1) is 25.7 Å². The molecule has 2 amide bonds. The Labute approximate surface area is 113 Å². The van der Waals surface area contributed by atoms with Gasteiger partial charge in [0.1, 0.15) is 0 Å². The predicted octanol–water partition coefficient (Wildman–Crippen LogP) is 1.16. The predicted molar refractivity (Wildman–Crippen MR) is 69.0 cm³/mol. The minimum absolute atomic E-state index is 0.0149. The van der Waals surface area contributed by atoms with Crippen molar-refractivity contribution in [2.75, 3.05) is 26.3 Å².